The molecule has 3 heteroatoms. The summed E-state index contributed by atoms with van der Waals surface area (Å²) >= 11 is 0. The van der Waals surface area contributed by atoms with Gasteiger partial charge in [0.2, 0.25) is 0 Å². The summed E-state index contributed by atoms with van der Waals surface area (Å²) in [5.74, 6) is 1.78. The van der Waals surface area contributed by atoms with E-state index < -0.39 is 0 Å². The number of carbonyl (C=O) groups excluding carboxylic acids is 1. The van der Waals surface area contributed by atoms with Crippen LogP contribution in [0.4, 0.5) is 0 Å². The molecule has 0 aromatic carbocycles. The summed E-state index contributed by atoms with van der Waals surface area (Å²) in [5.41, 5.74) is 0. The number of carbonyl (C=O) groups is 1. The fourth-order valence-electron chi connectivity index (χ4n) is 4.86. The smallest absolute Gasteiger partial charge is 0.153 e. The molecule has 1 N–H and O–H groups in total. The number of Topliss-reactive ketones (excluding diaryl/α,β-unsaturated/α-hetero) is 1. The Morgan fingerprint density at radius 2 is 1.90 bits per heavy atom. The molecule has 120 valence electrons. The van der Waals surface area contributed by atoms with Crippen LogP contribution in [0.3, 0.4) is 0 Å². The van der Waals surface area contributed by atoms with Gasteiger partial charge in [-0.1, -0.05) is 26.2 Å². The van der Waals surface area contributed by atoms with Gasteiger partial charge in [0.15, 0.2) is 5.78 Å². The van der Waals surface area contributed by atoms with Crippen molar-refractivity contribution < 1.29 is 4.79 Å². The average molecular weight is 292 g/mol. The van der Waals surface area contributed by atoms with Gasteiger partial charge in [0, 0.05) is 12.0 Å². The van der Waals surface area contributed by atoms with Gasteiger partial charge in [-0.15, -0.1) is 0 Å². The molecule has 3 unspecified atom stereocenters. The van der Waals surface area contributed by atoms with Gasteiger partial charge in [-0.05, 0) is 64.1 Å². The summed E-state index contributed by atoms with van der Waals surface area (Å²) in [6.45, 7) is 5.70. The second kappa shape index (κ2) is 7.23. The van der Waals surface area contributed by atoms with E-state index in [0.717, 1.165) is 38.4 Å². The number of ketones is 1. The lowest BCUT2D eigenvalue weighted by Crippen LogP contribution is -2.49. The summed E-state index contributed by atoms with van der Waals surface area (Å²) < 4.78 is 0. The molecule has 1 aliphatic carbocycles. The number of nitrogens with zero attached hydrogens (tertiary/aromatic N) is 1. The Hall–Kier alpha value is -0.410. The van der Waals surface area contributed by atoms with E-state index in [2.05, 4.69) is 17.1 Å². The van der Waals surface area contributed by atoms with Crippen LogP contribution >= 0.6 is 0 Å². The molecule has 2 heterocycles. The van der Waals surface area contributed by atoms with Crippen molar-refractivity contribution in [1.29, 1.82) is 0 Å². The Morgan fingerprint density at radius 3 is 2.67 bits per heavy atom. The quantitative estimate of drug-likeness (QED) is 0.864. The molecule has 3 nitrogen and oxygen atoms in total. The van der Waals surface area contributed by atoms with Crippen LogP contribution in [0.1, 0.15) is 64.7 Å². The minimum Gasteiger partial charge on any atom is -0.317 e. The van der Waals surface area contributed by atoms with Gasteiger partial charge in [-0.25, -0.2) is 0 Å². The van der Waals surface area contributed by atoms with Crippen LogP contribution in [0.25, 0.3) is 0 Å². The zero-order valence-electron chi connectivity index (χ0n) is 13.7. The SMILES string of the molecule is CCC1CCCC(C(=O)C2CCCN2C2CCNCC2)C1. The first-order valence-corrected chi connectivity index (χ1v) is 9.29. The van der Waals surface area contributed by atoms with Crippen molar-refractivity contribution in [2.24, 2.45) is 11.8 Å². The molecule has 2 aliphatic heterocycles. The lowest BCUT2D eigenvalue weighted by atomic mass is 9.76. The van der Waals surface area contributed by atoms with E-state index in [1.807, 2.05) is 0 Å². The van der Waals surface area contributed by atoms with E-state index in [1.165, 1.54) is 44.9 Å². The molecule has 0 aromatic heterocycles. The second-order valence-electron chi connectivity index (χ2n) is 7.42. The number of nitrogens with one attached hydrogen (secondary N) is 1. The Labute approximate surface area is 129 Å². The third kappa shape index (κ3) is 3.50. The van der Waals surface area contributed by atoms with E-state index in [0.29, 0.717) is 17.7 Å². The Bertz CT molecular complexity index is 351. The van der Waals surface area contributed by atoms with Gasteiger partial charge >= 0.3 is 0 Å². The zero-order chi connectivity index (χ0) is 14.7. The third-order valence-corrected chi connectivity index (χ3v) is 6.16. The largest absolute Gasteiger partial charge is 0.317 e. The molecule has 0 radical (unpaired) electrons. The highest BCUT2D eigenvalue weighted by molar-refractivity contribution is 5.86. The molecule has 0 bridgehead atoms. The molecule has 3 atom stereocenters. The predicted octanol–water partition coefficient (Wildman–Crippen LogP) is 2.99. The molecule has 3 rings (SSSR count). The van der Waals surface area contributed by atoms with E-state index in [1.54, 1.807) is 0 Å². The molecule has 1 saturated carbocycles. The van der Waals surface area contributed by atoms with Crippen LogP contribution in [-0.2, 0) is 4.79 Å². The van der Waals surface area contributed by atoms with Gasteiger partial charge < -0.3 is 5.32 Å². The molecular weight excluding hydrogens is 260 g/mol. The van der Waals surface area contributed by atoms with Crippen molar-refractivity contribution >= 4 is 5.78 Å². The Balaban J connectivity index is 1.62. The van der Waals surface area contributed by atoms with Crippen LogP contribution in [0.2, 0.25) is 0 Å². The minimum atomic E-state index is 0.258. The highest BCUT2D eigenvalue weighted by atomic mass is 16.1. The van der Waals surface area contributed by atoms with Gasteiger partial charge in [0.05, 0.1) is 6.04 Å². The molecule has 0 aromatic rings. The first-order valence-electron chi connectivity index (χ1n) is 9.29. The molecule has 3 aliphatic rings. The van der Waals surface area contributed by atoms with E-state index in [4.69, 9.17) is 0 Å². The topological polar surface area (TPSA) is 32.3 Å². The number of hydrogen-bond acceptors (Lipinski definition) is 3. The number of hydrogen-bond donors (Lipinski definition) is 1. The van der Waals surface area contributed by atoms with Crippen LogP contribution < -0.4 is 5.32 Å². The number of rotatable bonds is 4. The van der Waals surface area contributed by atoms with Gasteiger partial charge in [0.25, 0.3) is 0 Å². The molecule has 3 fully saturated rings. The van der Waals surface area contributed by atoms with E-state index in [9.17, 15) is 4.79 Å². The average Bonchev–Trinajstić information content (AvgIpc) is 3.04. The summed E-state index contributed by atoms with van der Waals surface area (Å²) in [5, 5.41) is 3.45. The van der Waals surface area contributed by atoms with Crippen LogP contribution in [-0.4, -0.2) is 42.4 Å². The monoisotopic (exact) mass is 292 g/mol. The fourth-order valence-corrected chi connectivity index (χ4v) is 4.86. The maximum atomic E-state index is 13.1. The second-order valence-corrected chi connectivity index (χ2v) is 7.42. The number of likely N-dealkylation sites (tertiary alicyclic amines) is 1. The normalized spacial score (nSPS) is 36.0. The maximum absolute atomic E-state index is 13.1. The highest BCUT2D eigenvalue weighted by Gasteiger charge is 2.39. The maximum Gasteiger partial charge on any atom is 0.153 e. The summed E-state index contributed by atoms with van der Waals surface area (Å²) in [4.78, 5) is 15.6. The Kier molecular flexibility index (Phi) is 5.33. The molecule has 0 spiro atoms. The van der Waals surface area contributed by atoms with Crippen molar-refractivity contribution in [3.63, 3.8) is 0 Å². The first kappa shape index (κ1) is 15.5. The fraction of sp³-hybridized carbons (Fsp3) is 0.944. The predicted molar refractivity (Wildman–Crippen MR) is 86.4 cm³/mol. The van der Waals surface area contributed by atoms with Crippen LogP contribution in [0, 0.1) is 11.8 Å². The van der Waals surface area contributed by atoms with Crippen LogP contribution in [0.5, 0.6) is 0 Å². The van der Waals surface area contributed by atoms with Gasteiger partial charge in [0.1, 0.15) is 0 Å². The van der Waals surface area contributed by atoms with Crippen molar-refractivity contribution in [1.82, 2.24) is 10.2 Å². The van der Waals surface area contributed by atoms with Gasteiger partial charge in [-0.3, -0.25) is 9.69 Å². The highest BCUT2D eigenvalue weighted by Crippen LogP contribution is 2.35. The molecule has 21 heavy (non-hydrogen) atoms. The minimum absolute atomic E-state index is 0.258. The first-order chi connectivity index (χ1) is 10.3. The van der Waals surface area contributed by atoms with Crippen molar-refractivity contribution in [2.75, 3.05) is 19.6 Å². The van der Waals surface area contributed by atoms with E-state index >= 15 is 0 Å². The lowest BCUT2D eigenvalue weighted by molar-refractivity contribution is -0.129. The van der Waals surface area contributed by atoms with Crippen molar-refractivity contribution in [3.8, 4) is 0 Å². The lowest BCUT2D eigenvalue weighted by Gasteiger charge is -2.37. The van der Waals surface area contributed by atoms with Crippen LogP contribution in [0.15, 0.2) is 0 Å². The summed E-state index contributed by atoms with van der Waals surface area (Å²) in [6.07, 6.45) is 11.0. The molecular formula is C18H32N2O. The van der Waals surface area contributed by atoms with Gasteiger partial charge in [-0.2, -0.15) is 0 Å². The van der Waals surface area contributed by atoms with E-state index in [-0.39, 0.29) is 6.04 Å². The van der Waals surface area contributed by atoms with Crippen molar-refractivity contribution in [3.05, 3.63) is 0 Å². The van der Waals surface area contributed by atoms with Crippen molar-refractivity contribution in [2.45, 2.75) is 76.8 Å². The summed E-state index contributed by atoms with van der Waals surface area (Å²) in [6, 6.07) is 0.918. The summed E-state index contributed by atoms with van der Waals surface area (Å²) in [7, 11) is 0. The third-order valence-electron chi connectivity index (χ3n) is 6.16. The Morgan fingerprint density at radius 1 is 1.10 bits per heavy atom. The standard InChI is InChI=1S/C18H32N2O/c1-2-14-5-3-6-15(13-14)18(21)17-7-4-12-20(17)16-8-10-19-11-9-16/h14-17,19H,2-13H2,1H3. The molecule has 0 amide bonds. The molecule has 2 saturated heterocycles. The number of piperidine rings is 1. The zero-order valence-corrected chi connectivity index (χ0v) is 13.7.